The van der Waals surface area contributed by atoms with E-state index in [9.17, 15) is 9.59 Å². The standard InChI is InChI=1S/C24H29N3O4S/c1-15-9-11-26(12-10-15)20(28)13-17-14-32-24-25-16(2)21(23(29)31-4)22(27(17)24)18-7-5-6-8-19(18)30-3/h5-8,14-15,22H,9-13H2,1-4H3/t22-/m0/s1. The van der Waals surface area contributed by atoms with Gasteiger partial charge in [-0.3, -0.25) is 4.79 Å². The number of rotatable bonds is 5. The molecule has 0 unspecified atom stereocenters. The molecule has 0 saturated carbocycles. The Morgan fingerprint density at radius 3 is 2.59 bits per heavy atom. The topological polar surface area (TPSA) is 71.4 Å². The van der Waals surface area contributed by atoms with Gasteiger partial charge in [-0.2, -0.15) is 0 Å². The minimum atomic E-state index is -0.485. The number of benzene rings is 1. The maximum Gasteiger partial charge on any atom is 0.338 e. The van der Waals surface area contributed by atoms with E-state index in [1.165, 1.54) is 18.9 Å². The molecule has 8 heteroatoms. The molecule has 3 aliphatic rings. The lowest BCUT2D eigenvalue weighted by atomic mass is 9.93. The highest BCUT2D eigenvalue weighted by molar-refractivity contribution is 8.16. The van der Waals surface area contributed by atoms with E-state index in [1.54, 1.807) is 7.11 Å². The number of para-hydroxylation sites is 1. The molecule has 0 bridgehead atoms. The molecule has 0 aromatic heterocycles. The molecule has 0 radical (unpaired) electrons. The summed E-state index contributed by atoms with van der Waals surface area (Å²) in [5.41, 5.74) is 2.72. The number of carbonyl (C=O) groups is 2. The number of hydrogen-bond acceptors (Lipinski definition) is 7. The number of carbonyl (C=O) groups excluding carboxylic acids is 2. The third kappa shape index (κ3) is 4.16. The molecular formula is C24H29N3O4S. The van der Waals surface area contributed by atoms with Crippen LogP contribution >= 0.6 is 11.8 Å². The third-order valence-corrected chi connectivity index (χ3v) is 7.20. The van der Waals surface area contributed by atoms with Crippen LogP contribution in [0.25, 0.3) is 0 Å². The van der Waals surface area contributed by atoms with Gasteiger partial charge < -0.3 is 19.3 Å². The summed E-state index contributed by atoms with van der Waals surface area (Å²) in [6.45, 7) is 5.64. The van der Waals surface area contributed by atoms with E-state index in [4.69, 9.17) is 9.47 Å². The number of amides is 1. The van der Waals surface area contributed by atoms with Crippen LogP contribution in [0.2, 0.25) is 0 Å². The van der Waals surface area contributed by atoms with E-state index in [0.717, 1.165) is 42.4 Å². The Hall–Kier alpha value is -2.74. The Bertz CT molecular complexity index is 1010. The smallest absolute Gasteiger partial charge is 0.338 e. The van der Waals surface area contributed by atoms with Gasteiger partial charge in [0.15, 0.2) is 5.17 Å². The molecule has 0 aliphatic carbocycles. The number of amidine groups is 1. The van der Waals surface area contributed by atoms with Crippen molar-refractivity contribution in [3.8, 4) is 5.75 Å². The molecule has 170 valence electrons. The molecule has 3 heterocycles. The highest BCUT2D eigenvalue weighted by atomic mass is 32.2. The number of nitrogens with zero attached hydrogens (tertiary/aromatic N) is 3. The van der Waals surface area contributed by atoms with Gasteiger partial charge in [0.2, 0.25) is 5.91 Å². The summed E-state index contributed by atoms with van der Waals surface area (Å²) in [5.74, 6) is 0.996. The van der Waals surface area contributed by atoms with Crippen molar-refractivity contribution >= 4 is 28.8 Å². The van der Waals surface area contributed by atoms with Crippen molar-refractivity contribution in [1.29, 1.82) is 0 Å². The van der Waals surface area contributed by atoms with Crippen LogP contribution in [0, 0.1) is 5.92 Å². The molecule has 1 aromatic rings. The van der Waals surface area contributed by atoms with E-state index < -0.39 is 12.0 Å². The van der Waals surface area contributed by atoms with Crippen LogP contribution in [-0.2, 0) is 14.3 Å². The highest BCUT2D eigenvalue weighted by Gasteiger charge is 2.42. The van der Waals surface area contributed by atoms with E-state index in [0.29, 0.717) is 22.9 Å². The van der Waals surface area contributed by atoms with Crippen molar-refractivity contribution in [1.82, 2.24) is 9.80 Å². The molecule has 0 spiro atoms. The van der Waals surface area contributed by atoms with Gasteiger partial charge in [0.05, 0.1) is 38.0 Å². The van der Waals surface area contributed by atoms with Crippen LogP contribution in [0.5, 0.6) is 5.75 Å². The SMILES string of the molecule is COC(=O)C1=C(C)N=C2SC=C(CC(=O)N3CCC(C)CC3)N2[C@H]1c1ccccc1OC. The molecular weight excluding hydrogens is 426 g/mol. The average Bonchev–Trinajstić information content (AvgIpc) is 3.19. The van der Waals surface area contributed by atoms with Crippen LogP contribution in [0.15, 0.2) is 51.6 Å². The molecule has 1 fully saturated rings. The molecule has 3 aliphatic heterocycles. The number of thioether (sulfide) groups is 1. The Labute approximate surface area is 193 Å². The van der Waals surface area contributed by atoms with Gasteiger partial charge >= 0.3 is 5.97 Å². The fraction of sp³-hybridized carbons (Fsp3) is 0.458. The molecule has 1 atom stereocenters. The fourth-order valence-electron chi connectivity index (χ4n) is 4.45. The fourth-order valence-corrected chi connectivity index (χ4v) is 5.42. The van der Waals surface area contributed by atoms with Crippen LogP contribution in [0.1, 0.15) is 44.7 Å². The minimum Gasteiger partial charge on any atom is -0.496 e. The van der Waals surface area contributed by atoms with Gasteiger partial charge in [-0.05, 0) is 37.2 Å². The predicted molar refractivity (Wildman–Crippen MR) is 125 cm³/mol. The molecule has 32 heavy (non-hydrogen) atoms. The lowest BCUT2D eigenvalue weighted by Crippen LogP contribution is -2.41. The molecule has 4 rings (SSSR count). The predicted octanol–water partition coefficient (Wildman–Crippen LogP) is 4.09. The van der Waals surface area contributed by atoms with Crippen LogP contribution in [-0.4, -0.2) is 54.2 Å². The first-order chi connectivity index (χ1) is 15.4. The van der Waals surface area contributed by atoms with Crippen LogP contribution in [0.3, 0.4) is 0 Å². The van der Waals surface area contributed by atoms with Gasteiger partial charge in [0.25, 0.3) is 0 Å². The second-order valence-corrected chi connectivity index (χ2v) is 9.20. The lowest BCUT2D eigenvalue weighted by molar-refractivity contribution is -0.136. The maximum atomic E-state index is 13.1. The number of piperidine rings is 1. The summed E-state index contributed by atoms with van der Waals surface area (Å²) in [5, 5.41) is 2.72. The van der Waals surface area contributed by atoms with Gasteiger partial charge in [-0.15, -0.1) is 0 Å². The normalized spacial score (nSPS) is 21.2. The Morgan fingerprint density at radius 1 is 1.19 bits per heavy atom. The van der Waals surface area contributed by atoms with E-state index in [-0.39, 0.29) is 12.3 Å². The lowest BCUT2D eigenvalue weighted by Gasteiger charge is -2.37. The number of aliphatic imine (C=N–C) groups is 1. The maximum absolute atomic E-state index is 13.1. The van der Waals surface area contributed by atoms with Crippen molar-refractivity contribution in [3.63, 3.8) is 0 Å². The summed E-state index contributed by atoms with van der Waals surface area (Å²) < 4.78 is 10.7. The van der Waals surface area contributed by atoms with Crippen molar-refractivity contribution in [2.45, 2.75) is 39.2 Å². The summed E-state index contributed by atoms with van der Waals surface area (Å²) in [7, 11) is 2.99. The molecule has 1 saturated heterocycles. The number of hydrogen-bond donors (Lipinski definition) is 0. The second-order valence-electron chi connectivity index (χ2n) is 8.37. The second kappa shape index (κ2) is 9.40. The Balaban J connectivity index is 1.69. The Kier molecular flexibility index (Phi) is 6.60. The monoisotopic (exact) mass is 455 g/mol. The van der Waals surface area contributed by atoms with Crippen molar-refractivity contribution in [3.05, 3.63) is 52.2 Å². The number of ether oxygens (including phenoxy) is 2. The van der Waals surface area contributed by atoms with Gasteiger partial charge in [-0.25, -0.2) is 9.79 Å². The number of allylic oxidation sites excluding steroid dienone is 1. The minimum absolute atomic E-state index is 0.106. The number of methoxy groups -OCH3 is 2. The first kappa shape index (κ1) is 22.5. The van der Waals surface area contributed by atoms with Crippen molar-refractivity contribution in [2.24, 2.45) is 10.9 Å². The van der Waals surface area contributed by atoms with E-state index >= 15 is 0 Å². The summed E-state index contributed by atoms with van der Waals surface area (Å²) in [4.78, 5) is 34.6. The molecule has 7 nitrogen and oxygen atoms in total. The number of esters is 1. The van der Waals surface area contributed by atoms with Crippen LogP contribution in [0.4, 0.5) is 0 Å². The summed E-state index contributed by atoms with van der Waals surface area (Å²) in [6.07, 6.45) is 2.34. The van der Waals surface area contributed by atoms with Gasteiger partial charge in [-0.1, -0.05) is 36.9 Å². The van der Waals surface area contributed by atoms with Crippen molar-refractivity contribution < 1.29 is 19.1 Å². The zero-order valence-corrected chi connectivity index (χ0v) is 19.8. The Morgan fingerprint density at radius 2 is 1.91 bits per heavy atom. The zero-order valence-electron chi connectivity index (χ0n) is 19.0. The van der Waals surface area contributed by atoms with Gasteiger partial charge in [0.1, 0.15) is 5.75 Å². The zero-order chi connectivity index (χ0) is 22.8. The highest BCUT2D eigenvalue weighted by Crippen LogP contribution is 2.47. The average molecular weight is 456 g/mol. The quantitative estimate of drug-likeness (QED) is 0.623. The number of likely N-dealkylation sites (tertiary alicyclic amines) is 1. The number of fused-ring (bicyclic) bond motifs is 1. The molecule has 0 N–H and O–H groups in total. The molecule has 1 aromatic carbocycles. The van der Waals surface area contributed by atoms with Gasteiger partial charge in [0, 0.05) is 24.4 Å². The third-order valence-electron chi connectivity index (χ3n) is 6.31. The van der Waals surface area contributed by atoms with Crippen LogP contribution < -0.4 is 4.74 Å². The van der Waals surface area contributed by atoms with E-state index in [1.807, 2.05) is 46.4 Å². The largest absolute Gasteiger partial charge is 0.496 e. The summed E-state index contributed by atoms with van der Waals surface area (Å²) in [6, 6.07) is 7.14. The first-order valence-corrected chi connectivity index (χ1v) is 11.8. The first-order valence-electron chi connectivity index (χ1n) is 10.9. The van der Waals surface area contributed by atoms with Crippen molar-refractivity contribution in [2.75, 3.05) is 27.3 Å². The van der Waals surface area contributed by atoms with E-state index in [2.05, 4.69) is 11.9 Å². The molecule has 1 amide bonds. The summed E-state index contributed by atoms with van der Waals surface area (Å²) >= 11 is 1.48.